The molecule has 31 heavy (non-hydrogen) atoms. The van der Waals surface area contributed by atoms with Gasteiger partial charge in [0.25, 0.3) is 0 Å². The largest absolute Gasteiger partial charge is 0.481 e. The Morgan fingerprint density at radius 1 is 1.00 bits per heavy atom. The zero-order valence-electron chi connectivity index (χ0n) is 17.8. The lowest BCUT2D eigenvalue weighted by Gasteiger charge is -2.37. The second-order valence-corrected chi connectivity index (χ2v) is 10.8. The summed E-state index contributed by atoms with van der Waals surface area (Å²) >= 11 is 0. The number of benzene rings is 1. The third-order valence-corrected chi connectivity index (χ3v) is 8.87. The van der Waals surface area contributed by atoms with Gasteiger partial charge in [0, 0.05) is 26.2 Å². The molecule has 1 saturated carbocycles. The van der Waals surface area contributed by atoms with E-state index in [0.29, 0.717) is 0 Å². The molecule has 2 bridgehead atoms. The van der Waals surface area contributed by atoms with Gasteiger partial charge >= 0.3 is 5.97 Å². The van der Waals surface area contributed by atoms with E-state index in [1.807, 2.05) is 24.3 Å². The van der Waals surface area contributed by atoms with Crippen molar-refractivity contribution in [1.82, 2.24) is 9.21 Å². The van der Waals surface area contributed by atoms with Crippen molar-refractivity contribution in [3.63, 3.8) is 0 Å². The Hall–Kier alpha value is -2.19. The highest BCUT2D eigenvalue weighted by molar-refractivity contribution is 7.89. The molecule has 1 amide bonds. The molecule has 4 atom stereocenters. The highest BCUT2D eigenvalue weighted by Gasteiger charge is 2.52. The third kappa shape index (κ3) is 4.15. The van der Waals surface area contributed by atoms with Gasteiger partial charge in [0.1, 0.15) is 0 Å². The Labute approximate surface area is 183 Å². The zero-order chi connectivity index (χ0) is 22.2. The number of carboxylic acid groups (broad SMARTS) is 1. The fourth-order valence-electron chi connectivity index (χ4n) is 5.21. The van der Waals surface area contributed by atoms with Crippen LogP contribution in [0.15, 0.2) is 41.3 Å². The molecule has 168 valence electrons. The standard InChI is InChI=1S/C23H30N2O5S/c1-2-3-4-16-5-9-19(10-6-16)31(29,30)25-13-11-24(12-14-25)22(26)20-17-7-8-18(15-17)21(20)23(27)28/h5-10,17-18,20-21H,2-4,11-15H2,1H3,(H,27,28)/t17-,18-,20+,21-/m0/s1. The van der Waals surface area contributed by atoms with E-state index >= 15 is 0 Å². The number of hydrogen-bond donors (Lipinski definition) is 1. The van der Waals surface area contributed by atoms with E-state index in [2.05, 4.69) is 6.92 Å². The molecule has 1 aromatic rings. The van der Waals surface area contributed by atoms with Crippen LogP contribution in [0.1, 0.15) is 31.7 Å². The average Bonchev–Trinajstić information content (AvgIpc) is 3.39. The molecule has 2 fully saturated rings. The Morgan fingerprint density at radius 3 is 2.19 bits per heavy atom. The number of unbranched alkanes of at least 4 members (excludes halogenated alkanes) is 1. The number of sulfonamides is 1. The number of aliphatic carboxylic acids is 1. The normalized spacial score (nSPS) is 28.2. The topological polar surface area (TPSA) is 95.0 Å². The maximum atomic E-state index is 13.1. The molecule has 7 nitrogen and oxygen atoms in total. The van der Waals surface area contributed by atoms with Crippen LogP contribution in [0.25, 0.3) is 0 Å². The van der Waals surface area contributed by atoms with Gasteiger partial charge in [0.05, 0.1) is 16.7 Å². The van der Waals surface area contributed by atoms with Gasteiger partial charge in [-0.2, -0.15) is 4.31 Å². The number of rotatable bonds is 7. The SMILES string of the molecule is CCCCc1ccc(S(=O)(=O)N2CCN(C(=O)[C@H]3[C@@H](C(=O)O)[C@H]4C=C[C@H]3C4)CC2)cc1. The summed E-state index contributed by atoms with van der Waals surface area (Å²) in [4.78, 5) is 26.8. The summed E-state index contributed by atoms with van der Waals surface area (Å²) in [6.07, 6.45) is 7.71. The van der Waals surface area contributed by atoms with Gasteiger partial charge < -0.3 is 10.0 Å². The van der Waals surface area contributed by atoms with E-state index in [1.165, 1.54) is 4.31 Å². The van der Waals surface area contributed by atoms with Crippen molar-refractivity contribution >= 4 is 21.9 Å². The maximum Gasteiger partial charge on any atom is 0.307 e. The number of carbonyl (C=O) groups is 2. The molecule has 1 N–H and O–H groups in total. The van der Waals surface area contributed by atoms with Crippen molar-refractivity contribution in [3.8, 4) is 0 Å². The van der Waals surface area contributed by atoms with Gasteiger partial charge in [0.2, 0.25) is 15.9 Å². The fourth-order valence-corrected chi connectivity index (χ4v) is 6.64. The predicted octanol–water partition coefficient (Wildman–Crippen LogP) is 2.38. The second kappa shape index (κ2) is 8.74. The van der Waals surface area contributed by atoms with E-state index < -0.39 is 27.8 Å². The lowest BCUT2D eigenvalue weighted by Crippen LogP contribution is -2.53. The van der Waals surface area contributed by atoms with Crippen molar-refractivity contribution in [2.45, 2.75) is 37.5 Å². The van der Waals surface area contributed by atoms with Crippen LogP contribution in [-0.4, -0.2) is 60.8 Å². The van der Waals surface area contributed by atoms with E-state index in [-0.39, 0.29) is 48.8 Å². The molecular weight excluding hydrogens is 416 g/mol. The molecule has 0 spiro atoms. The molecule has 0 radical (unpaired) electrons. The monoisotopic (exact) mass is 446 g/mol. The number of allylic oxidation sites excluding steroid dienone is 2. The Balaban J connectivity index is 1.39. The number of aryl methyl sites for hydroxylation is 1. The number of hydrogen-bond acceptors (Lipinski definition) is 4. The molecule has 3 aliphatic rings. The minimum absolute atomic E-state index is 0.0217. The van der Waals surface area contributed by atoms with Crippen LogP contribution in [0.3, 0.4) is 0 Å². The van der Waals surface area contributed by atoms with Crippen molar-refractivity contribution in [3.05, 3.63) is 42.0 Å². The molecule has 0 aromatic heterocycles. The summed E-state index contributed by atoms with van der Waals surface area (Å²) in [7, 11) is -3.61. The van der Waals surface area contributed by atoms with Gasteiger partial charge in [0.15, 0.2) is 0 Å². The molecule has 1 heterocycles. The second-order valence-electron chi connectivity index (χ2n) is 8.81. The van der Waals surface area contributed by atoms with Crippen molar-refractivity contribution < 1.29 is 23.1 Å². The van der Waals surface area contributed by atoms with Crippen molar-refractivity contribution in [1.29, 1.82) is 0 Å². The van der Waals surface area contributed by atoms with Crippen molar-refractivity contribution in [2.24, 2.45) is 23.7 Å². The molecule has 1 saturated heterocycles. The third-order valence-electron chi connectivity index (χ3n) is 6.96. The summed E-state index contributed by atoms with van der Waals surface area (Å²) in [5, 5.41) is 9.60. The smallest absolute Gasteiger partial charge is 0.307 e. The summed E-state index contributed by atoms with van der Waals surface area (Å²) in [5.74, 6) is -2.37. The van der Waals surface area contributed by atoms with Crippen LogP contribution < -0.4 is 0 Å². The number of carbonyl (C=O) groups excluding carboxylic acids is 1. The molecule has 4 rings (SSSR count). The first kappa shape index (κ1) is 22.0. The Kier molecular flexibility index (Phi) is 6.21. The molecule has 2 aliphatic carbocycles. The Bertz CT molecular complexity index is 964. The van der Waals surface area contributed by atoms with E-state index in [1.54, 1.807) is 17.0 Å². The van der Waals surface area contributed by atoms with E-state index in [0.717, 1.165) is 31.2 Å². The van der Waals surface area contributed by atoms with Crippen LogP contribution in [0, 0.1) is 23.7 Å². The van der Waals surface area contributed by atoms with Gasteiger partial charge in [-0.05, 0) is 48.8 Å². The van der Waals surface area contributed by atoms with Crippen LogP contribution in [0.2, 0.25) is 0 Å². The molecule has 1 aromatic carbocycles. The summed E-state index contributed by atoms with van der Waals surface area (Å²) < 4.78 is 27.5. The molecular formula is C23H30N2O5S. The zero-order valence-corrected chi connectivity index (χ0v) is 18.6. The van der Waals surface area contributed by atoms with Crippen LogP contribution >= 0.6 is 0 Å². The van der Waals surface area contributed by atoms with Crippen LogP contribution in [-0.2, 0) is 26.0 Å². The lowest BCUT2D eigenvalue weighted by molar-refractivity contribution is -0.151. The first-order valence-corrected chi connectivity index (χ1v) is 12.6. The summed E-state index contributed by atoms with van der Waals surface area (Å²) in [6.45, 7) is 3.15. The highest BCUT2D eigenvalue weighted by atomic mass is 32.2. The Morgan fingerprint density at radius 2 is 1.61 bits per heavy atom. The maximum absolute atomic E-state index is 13.1. The number of carboxylic acids is 1. The number of amides is 1. The van der Waals surface area contributed by atoms with Crippen molar-refractivity contribution in [2.75, 3.05) is 26.2 Å². The van der Waals surface area contributed by atoms with E-state index in [4.69, 9.17) is 0 Å². The predicted molar refractivity (Wildman–Crippen MR) is 116 cm³/mol. The first-order chi connectivity index (χ1) is 14.8. The number of fused-ring (bicyclic) bond motifs is 2. The van der Waals surface area contributed by atoms with Crippen LogP contribution in [0.4, 0.5) is 0 Å². The van der Waals surface area contributed by atoms with Gasteiger partial charge in [-0.25, -0.2) is 8.42 Å². The first-order valence-electron chi connectivity index (χ1n) is 11.1. The quantitative estimate of drug-likeness (QED) is 0.649. The van der Waals surface area contributed by atoms with Gasteiger partial charge in [-0.1, -0.05) is 37.6 Å². The fraction of sp³-hybridized carbons (Fsp3) is 0.565. The summed E-state index contributed by atoms with van der Waals surface area (Å²) in [6, 6.07) is 7.07. The minimum atomic E-state index is -3.61. The molecule has 1 aliphatic heterocycles. The van der Waals surface area contributed by atoms with E-state index in [9.17, 15) is 23.1 Å². The van der Waals surface area contributed by atoms with Crippen LogP contribution in [0.5, 0.6) is 0 Å². The average molecular weight is 447 g/mol. The molecule has 0 unspecified atom stereocenters. The van der Waals surface area contributed by atoms with Gasteiger partial charge in [-0.15, -0.1) is 0 Å². The van der Waals surface area contributed by atoms with Gasteiger partial charge in [-0.3, -0.25) is 9.59 Å². The number of nitrogens with zero attached hydrogens (tertiary/aromatic N) is 2. The number of piperazine rings is 1. The lowest BCUT2D eigenvalue weighted by atomic mass is 9.82. The highest BCUT2D eigenvalue weighted by Crippen LogP contribution is 2.48. The summed E-state index contributed by atoms with van der Waals surface area (Å²) in [5.41, 5.74) is 1.13. The minimum Gasteiger partial charge on any atom is -0.481 e. The molecule has 8 heteroatoms.